The van der Waals surface area contributed by atoms with Gasteiger partial charge in [0.15, 0.2) is 0 Å². The zero-order valence-electron chi connectivity index (χ0n) is 10.3. The number of nitrogens with one attached hydrogen (secondary N) is 1. The van der Waals surface area contributed by atoms with Crippen LogP contribution in [0.5, 0.6) is 0 Å². The molecule has 1 heterocycles. The maximum Gasteiger partial charge on any atom is 0.212 e. The summed E-state index contributed by atoms with van der Waals surface area (Å²) >= 11 is 4.95. The van der Waals surface area contributed by atoms with Crippen molar-refractivity contribution in [1.82, 2.24) is 4.98 Å². The van der Waals surface area contributed by atoms with Crippen LogP contribution in [-0.2, 0) is 16.4 Å². The first-order valence-corrected chi connectivity index (χ1v) is 7.49. The fraction of sp³-hybridized carbons (Fsp3) is 0.0833. The average Bonchev–Trinajstić information content (AvgIpc) is 2.39. The second-order valence-corrected chi connectivity index (χ2v) is 6.36. The number of aromatic amines is 1. The van der Waals surface area contributed by atoms with Crippen LogP contribution >= 0.6 is 12.2 Å². The van der Waals surface area contributed by atoms with Gasteiger partial charge in [0.1, 0.15) is 15.4 Å². The number of benzene rings is 1. The van der Waals surface area contributed by atoms with Crippen molar-refractivity contribution in [2.45, 2.75) is 16.4 Å². The summed E-state index contributed by atoms with van der Waals surface area (Å²) < 4.78 is 25.2. The molecule has 1 aromatic carbocycles. The van der Waals surface area contributed by atoms with Gasteiger partial charge in [0.25, 0.3) is 0 Å². The van der Waals surface area contributed by atoms with Crippen molar-refractivity contribution < 1.29 is 13.5 Å². The smallest absolute Gasteiger partial charge is 0.212 e. The molecule has 0 saturated heterocycles. The van der Waals surface area contributed by atoms with E-state index in [2.05, 4.69) is 4.98 Å². The quantitative estimate of drug-likeness (QED) is 0.632. The molecule has 0 radical (unpaired) electrons. The Hall–Kier alpha value is -1.90. The minimum absolute atomic E-state index is 0.0628. The molecule has 0 aliphatic rings. The van der Waals surface area contributed by atoms with Gasteiger partial charge in [-0.2, -0.15) is 0 Å². The summed E-state index contributed by atoms with van der Waals surface area (Å²) in [6.07, 6.45) is 0. The highest BCUT2D eigenvalue weighted by molar-refractivity contribution is 7.91. The summed E-state index contributed by atoms with van der Waals surface area (Å²) in [7, 11) is -3.89. The number of H-pyrrole nitrogens is 1. The Bertz CT molecular complexity index is 799. The first-order chi connectivity index (χ1) is 9.39. The number of anilines is 2. The molecule has 2 aromatic rings. The molecule has 6 N–H and O–H groups in total. The highest BCUT2D eigenvalue weighted by Gasteiger charge is 2.26. The lowest BCUT2D eigenvalue weighted by Gasteiger charge is -2.13. The standard InChI is InChI=1S/C12H13N3O3S2/c13-9-8(6-16)12(19)15-11(14)10(9)20(17,18)7-4-2-1-3-5-7/h1-5,16H,6H2,(H5,13,14,15,19). The van der Waals surface area contributed by atoms with Gasteiger partial charge in [-0.3, -0.25) is 0 Å². The number of hydrogen-bond donors (Lipinski definition) is 4. The van der Waals surface area contributed by atoms with Gasteiger partial charge in [-0.15, -0.1) is 0 Å². The third-order valence-electron chi connectivity index (χ3n) is 2.82. The molecular formula is C12H13N3O3S2. The molecule has 0 aliphatic heterocycles. The molecule has 0 atom stereocenters. The van der Waals surface area contributed by atoms with Crippen LogP contribution in [-0.4, -0.2) is 18.5 Å². The van der Waals surface area contributed by atoms with Gasteiger partial charge >= 0.3 is 0 Å². The van der Waals surface area contributed by atoms with Gasteiger partial charge < -0.3 is 21.6 Å². The molecule has 0 fully saturated rings. The van der Waals surface area contributed by atoms with E-state index in [0.29, 0.717) is 0 Å². The van der Waals surface area contributed by atoms with Crippen LogP contribution in [0.1, 0.15) is 5.56 Å². The predicted molar refractivity (Wildman–Crippen MR) is 78.3 cm³/mol. The number of aliphatic hydroxyl groups is 1. The SMILES string of the molecule is Nc1[nH]c(=S)c(CO)c(N)c1S(=O)(=O)c1ccccc1. The molecule has 0 amide bonds. The molecule has 8 heteroatoms. The van der Waals surface area contributed by atoms with Crippen LogP contribution in [0.4, 0.5) is 11.5 Å². The largest absolute Gasteiger partial charge is 0.397 e. The molecule has 20 heavy (non-hydrogen) atoms. The Labute approximate surface area is 121 Å². The molecule has 0 saturated carbocycles. The molecule has 0 spiro atoms. The van der Waals surface area contributed by atoms with Crippen LogP contribution in [0.25, 0.3) is 0 Å². The van der Waals surface area contributed by atoms with Crippen LogP contribution in [0.15, 0.2) is 40.1 Å². The van der Waals surface area contributed by atoms with E-state index in [1.54, 1.807) is 18.2 Å². The number of nitrogens with two attached hydrogens (primary N) is 2. The number of aromatic nitrogens is 1. The minimum Gasteiger partial charge on any atom is -0.397 e. The molecule has 0 aliphatic carbocycles. The van der Waals surface area contributed by atoms with Crippen LogP contribution in [0, 0.1) is 4.64 Å². The Morgan fingerprint density at radius 1 is 1.20 bits per heavy atom. The summed E-state index contributed by atoms with van der Waals surface area (Å²) in [5, 5.41) is 9.25. The zero-order chi connectivity index (χ0) is 14.9. The number of pyridine rings is 1. The molecule has 106 valence electrons. The van der Waals surface area contributed by atoms with E-state index in [9.17, 15) is 13.5 Å². The van der Waals surface area contributed by atoms with E-state index in [-0.39, 0.29) is 31.5 Å². The van der Waals surface area contributed by atoms with Crippen molar-refractivity contribution in [1.29, 1.82) is 0 Å². The minimum atomic E-state index is -3.89. The van der Waals surface area contributed by atoms with Crippen molar-refractivity contribution in [3.05, 3.63) is 40.5 Å². The number of sulfone groups is 1. The lowest BCUT2D eigenvalue weighted by atomic mass is 10.2. The number of hydrogen-bond acceptors (Lipinski definition) is 6. The van der Waals surface area contributed by atoms with E-state index in [4.69, 9.17) is 23.7 Å². The molecular weight excluding hydrogens is 298 g/mol. The normalized spacial score (nSPS) is 11.4. The van der Waals surface area contributed by atoms with Gasteiger partial charge in [0, 0.05) is 5.56 Å². The summed E-state index contributed by atoms with van der Waals surface area (Å²) in [4.78, 5) is 2.35. The molecule has 1 aromatic heterocycles. The Morgan fingerprint density at radius 2 is 1.80 bits per heavy atom. The van der Waals surface area contributed by atoms with E-state index >= 15 is 0 Å². The zero-order valence-corrected chi connectivity index (χ0v) is 12.0. The highest BCUT2D eigenvalue weighted by atomic mass is 32.2. The third-order valence-corrected chi connectivity index (χ3v) is 5.04. The van der Waals surface area contributed by atoms with E-state index in [1.807, 2.05) is 0 Å². The van der Waals surface area contributed by atoms with Crippen molar-refractivity contribution in [3.8, 4) is 0 Å². The van der Waals surface area contributed by atoms with Crippen LogP contribution in [0.3, 0.4) is 0 Å². The Morgan fingerprint density at radius 3 is 2.35 bits per heavy atom. The number of rotatable bonds is 3. The topological polar surface area (TPSA) is 122 Å². The van der Waals surface area contributed by atoms with Crippen molar-refractivity contribution in [3.63, 3.8) is 0 Å². The molecule has 0 bridgehead atoms. The first-order valence-electron chi connectivity index (χ1n) is 5.60. The van der Waals surface area contributed by atoms with Gasteiger partial charge in [0.05, 0.1) is 17.2 Å². The molecule has 6 nitrogen and oxygen atoms in total. The van der Waals surface area contributed by atoms with Crippen molar-refractivity contribution in [2.24, 2.45) is 0 Å². The summed E-state index contributed by atoms with van der Waals surface area (Å²) in [5.74, 6) is -0.145. The second kappa shape index (κ2) is 5.23. The Kier molecular flexibility index (Phi) is 3.80. The van der Waals surface area contributed by atoms with Gasteiger partial charge in [0.2, 0.25) is 9.84 Å². The van der Waals surface area contributed by atoms with Crippen LogP contribution in [0.2, 0.25) is 0 Å². The number of aliphatic hydroxyl groups excluding tert-OH is 1. The predicted octanol–water partition coefficient (Wildman–Crippen LogP) is 1.23. The molecule has 2 rings (SSSR count). The third kappa shape index (κ3) is 2.28. The Balaban J connectivity index is 2.80. The summed E-state index contributed by atoms with van der Waals surface area (Å²) in [5.41, 5.74) is 11.5. The molecule has 0 unspecified atom stereocenters. The lowest BCUT2D eigenvalue weighted by molar-refractivity contribution is 0.281. The van der Waals surface area contributed by atoms with Gasteiger partial charge in [-0.1, -0.05) is 30.4 Å². The van der Waals surface area contributed by atoms with Crippen LogP contribution < -0.4 is 11.5 Å². The highest BCUT2D eigenvalue weighted by Crippen LogP contribution is 2.32. The lowest BCUT2D eigenvalue weighted by Crippen LogP contribution is -2.13. The van der Waals surface area contributed by atoms with Crippen molar-refractivity contribution in [2.75, 3.05) is 11.5 Å². The summed E-state index contributed by atoms with van der Waals surface area (Å²) in [6, 6.07) is 7.76. The van der Waals surface area contributed by atoms with E-state index in [0.717, 1.165) is 0 Å². The van der Waals surface area contributed by atoms with Gasteiger partial charge in [-0.25, -0.2) is 8.42 Å². The average molecular weight is 311 g/mol. The second-order valence-electron chi connectivity index (χ2n) is 4.06. The maximum atomic E-state index is 12.6. The number of nitrogen functional groups attached to an aromatic ring is 2. The van der Waals surface area contributed by atoms with Gasteiger partial charge in [-0.05, 0) is 12.1 Å². The van der Waals surface area contributed by atoms with E-state index < -0.39 is 16.4 Å². The van der Waals surface area contributed by atoms with Crippen molar-refractivity contribution >= 4 is 33.6 Å². The fourth-order valence-electron chi connectivity index (χ4n) is 1.82. The fourth-order valence-corrected chi connectivity index (χ4v) is 3.61. The monoisotopic (exact) mass is 311 g/mol. The summed E-state index contributed by atoms with van der Waals surface area (Å²) in [6.45, 7) is -0.473. The maximum absolute atomic E-state index is 12.6. The van der Waals surface area contributed by atoms with E-state index in [1.165, 1.54) is 12.1 Å². The first kappa shape index (κ1) is 14.5.